The van der Waals surface area contributed by atoms with Crippen LogP contribution >= 0.6 is 24.0 Å². The van der Waals surface area contributed by atoms with Gasteiger partial charge in [0.15, 0.2) is 5.96 Å². The van der Waals surface area contributed by atoms with E-state index in [0.717, 1.165) is 70.8 Å². The molecule has 0 aliphatic carbocycles. The van der Waals surface area contributed by atoms with Gasteiger partial charge in [0.05, 0.1) is 0 Å². The molecule has 3 N–H and O–H groups in total. The summed E-state index contributed by atoms with van der Waals surface area (Å²) >= 11 is 0. The Morgan fingerprint density at radius 2 is 1.86 bits per heavy atom. The van der Waals surface area contributed by atoms with Crippen LogP contribution in [0.1, 0.15) is 66.7 Å². The fraction of sp³-hybridized carbons (Fsp3) is 0.905. The monoisotopic (exact) mass is 526 g/mol. The highest BCUT2D eigenvalue weighted by Gasteiger charge is 2.26. The van der Waals surface area contributed by atoms with Crippen LogP contribution in [0.2, 0.25) is 0 Å². The van der Waals surface area contributed by atoms with Crippen LogP contribution in [0.4, 0.5) is 4.79 Å². The lowest BCUT2D eigenvalue weighted by atomic mass is 9.97. The second-order valence-corrected chi connectivity index (χ2v) is 8.68. The Morgan fingerprint density at radius 1 is 1.21 bits per heavy atom. The average Bonchev–Trinajstić information content (AvgIpc) is 2.63. The molecule has 7 nitrogen and oxygen atoms in total. The number of halogens is 1. The van der Waals surface area contributed by atoms with Gasteiger partial charge in [-0.2, -0.15) is 0 Å². The Balaban J connectivity index is 0.00000784. The molecule has 1 unspecified atom stereocenters. The molecular formula is C21H43IN4O3. The van der Waals surface area contributed by atoms with E-state index in [9.17, 15) is 9.90 Å². The fourth-order valence-corrected chi connectivity index (χ4v) is 3.37. The van der Waals surface area contributed by atoms with Crippen LogP contribution in [-0.4, -0.2) is 67.0 Å². The third-order valence-electron chi connectivity index (χ3n) is 4.91. The summed E-state index contributed by atoms with van der Waals surface area (Å²) in [5.41, 5.74) is -0.446. The van der Waals surface area contributed by atoms with Gasteiger partial charge in [0.1, 0.15) is 5.60 Å². The maximum absolute atomic E-state index is 12.2. The molecule has 1 heterocycles. The number of nitrogens with one attached hydrogen (secondary N) is 2. The molecule has 0 spiro atoms. The lowest BCUT2D eigenvalue weighted by molar-refractivity contribution is 0.0185. The molecule has 0 aromatic carbocycles. The van der Waals surface area contributed by atoms with Crippen LogP contribution in [0.3, 0.4) is 0 Å². The second-order valence-electron chi connectivity index (χ2n) is 8.68. The van der Waals surface area contributed by atoms with Crippen molar-refractivity contribution in [2.75, 3.05) is 39.3 Å². The zero-order valence-electron chi connectivity index (χ0n) is 19.0. The van der Waals surface area contributed by atoms with Gasteiger partial charge in [-0.25, -0.2) is 4.79 Å². The van der Waals surface area contributed by atoms with Crippen molar-refractivity contribution in [3.05, 3.63) is 0 Å². The van der Waals surface area contributed by atoms with Gasteiger partial charge in [0.2, 0.25) is 0 Å². The number of amides is 1. The number of ether oxygens (including phenoxy) is 1. The number of carbonyl (C=O) groups excluding carboxylic acids is 1. The number of hydrogen-bond donors (Lipinski definition) is 3. The molecule has 1 aliphatic rings. The van der Waals surface area contributed by atoms with Crippen LogP contribution in [0.25, 0.3) is 0 Å². The first-order valence-corrected chi connectivity index (χ1v) is 10.9. The first-order valence-electron chi connectivity index (χ1n) is 10.9. The Morgan fingerprint density at radius 3 is 2.38 bits per heavy atom. The predicted octanol–water partition coefficient (Wildman–Crippen LogP) is 3.61. The summed E-state index contributed by atoms with van der Waals surface area (Å²) in [4.78, 5) is 18.7. The summed E-state index contributed by atoms with van der Waals surface area (Å²) in [7, 11) is 0. The summed E-state index contributed by atoms with van der Waals surface area (Å²) < 4.78 is 5.46. The Kier molecular flexibility index (Phi) is 14.7. The summed E-state index contributed by atoms with van der Waals surface area (Å²) in [6, 6.07) is 0. The molecule has 1 aliphatic heterocycles. The van der Waals surface area contributed by atoms with Crippen LogP contribution < -0.4 is 10.6 Å². The smallest absolute Gasteiger partial charge is 0.410 e. The van der Waals surface area contributed by atoms with E-state index in [1.54, 1.807) is 0 Å². The minimum atomic E-state index is -0.446. The fourth-order valence-electron chi connectivity index (χ4n) is 3.37. The third-order valence-corrected chi connectivity index (χ3v) is 4.91. The minimum absolute atomic E-state index is 0. The number of aliphatic imine (C=N–C) groups is 1. The summed E-state index contributed by atoms with van der Waals surface area (Å²) in [6.45, 7) is 14.0. The number of carbonyl (C=O) groups is 1. The lowest BCUT2D eigenvalue weighted by Crippen LogP contribution is -2.45. The second kappa shape index (κ2) is 15.1. The largest absolute Gasteiger partial charge is 0.444 e. The van der Waals surface area contributed by atoms with Crippen molar-refractivity contribution < 1.29 is 14.6 Å². The number of likely N-dealkylation sites (tertiary alicyclic amines) is 1. The summed E-state index contributed by atoms with van der Waals surface area (Å²) in [5.74, 6) is 1.80. The molecule has 0 radical (unpaired) electrons. The van der Waals surface area contributed by atoms with E-state index in [1.807, 2.05) is 25.7 Å². The molecule has 172 valence electrons. The van der Waals surface area contributed by atoms with Crippen molar-refractivity contribution in [1.82, 2.24) is 15.5 Å². The maximum Gasteiger partial charge on any atom is 0.410 e. The van der Waals surface area contributed by atoms with Gasteiger partial charge in [-0.3, -0.25) is 4.99 Å². The highest BCUT2D eigenvalue weighted by Crippen LogP contribution is 2.19. The molecule has 8 heteroatoms. The molecule has 1 rings (SSSR count). The molecule has 0 bridgehead atoms. The first-order chi connectivity index (χ1) is 13.3. The van der Waals surface area contributed by atoms with Crippen LogP contribution in [0.5, 0.6) is 0 Å². The summed E-state index contributed by atoms with van der Waals surface area (Å²) in [6.07, 6.45) is 4.73. The van der Waals surface area contributed by atoms with Gasteiger partial charge >= 0.3 is 6.09 Å². The first kappa shape index (κ1) is 28.2. The number of guanidine groups is 1. The topological polar surface area (TPSA) is 86.2 Å². The van der Waals surface area contributed by atoms with E-state index >= 15 is 0 Å². The SMILES string of the molecule is CCCC(CCO)CN=C(NCC)NCC1CCN(C(=O)OC(C)(C)C)CC1.I. The number of aliphatic hydroxyl groups excluding tert-OH is 1. The van der Waals surface area contributed by atoms with Crippen LogP contribution in [-0.2, 0) is 4.74 Å². The predicted molar refractivity (Wildman–Crippen MR) is 130 cm³/mol. The van der Waals surface area contributed by atoms with Gasteiger partial charge in [-0.05, 0) is 65.2 Å². The van der Waals surface area contributed by atoms with Crippen molar-refractivity contribution in [2.24, 2.45) is 16.8 Å². The van der Waals surface area contributed by atoms with E-state index in [1.165, 1.54) is 0 Å². The van der Waals surface area contributed by atoms with Gasteiger partial charge in [-0.15, -0.1) is 24.0 Å². The van der Waals surface area contributed by atoms with Crippen LogP contribution in [0.15, 0.2) is 4.99 Å². The molecular weight excluding hydrogens is 483 g/mol. The Hall–Kier alpha value is -0.770. The molecule has 1 atom stereocenters. The maximum atomic E-state index is 12.2. The van der Waals surface area contributed by atoms with E-state index in [2.05, 4.69) is 24.5 Å². The molecule has 1 fully saturated rings. The number of nitrogens with zero attached hydrogens (tertiary/aromatic N) is 2. The van der Waals surface area contributed by atoms with Crippen molar-refractivity contribution in [3.8, 4) is 0 Å². The molecule has 1 saturated heterocycles. The molecule has 0 aromatic heterocycles. The normalized spacial score (nSPS) is 16.8. The zero-order chi connectivity index (χ0) is 21.0. The van der Waals surface area contributed by atoms with Gasteiger partial charge in [0, 0.05) is 39.3 Å². The standard InChI is InChI=1S/C21H42N4O3.HI/c1-6-8-17(11-14-26)15-23-19(22-7-2)24-16-18-9-12-25(13-10-18)20(27)28-21(3,4)5;/h17-18,26H,6-16H2,1-5H3,(H2,22,23,24);1H. The Bertz CT molecular complexity index is 469. The van der Waals surface area contributed by atoms with Gasteiger partial charge in [0.25, 0.3) is 0 Å². The van der Waals surface area contributed by atoms with E-state index in [-0.39, 0.29) is 36.7 Å². The number of rotatable bonds is 9. The van der Waals surface area contributed by atoms with Crippen molar-refractivity contribution >= 4 is 36.0 Å². The van der Waals surface area contributed by atoms with Crippen molar-refractivity contribution in [1.29, 1.82) is 0 Å². The van der Waals surface area contributed by atoms with Gasteiger partial charge in [-0.1, -0.05) is 13.3 Å². The quantitative estimate of drug-likeness (QED) is 0.243. The molecule has 1 amide bonds. The molecule has 29 heavy (non-hydrogen) atoms. The minimum Gasteiger partial charge on any atom is -0.444 e. The number of piperidine rings is 1. The summed E-state index contributed by atoms with van der Waals surface area (Å²) in [5, 5.41) is 16.0. The Labute approximate surface area is 194 Å². The molecule has 0 aromatic rings. The lowest BCUT2D eigenvalue weighted by Gasteiger charge is -2.33. The highest BCUT2D eigenvalue weighted by molar-refractivity contribution is 14.0. The van der Waals surface area contributed by atoms with E-state index in [4.69, 9.17) is 9.73 Å². The molecule has 0 saturated carbocycles. The van der Waals surface area contributed by atoms with Crippen molar-refractivity contribution in [3.63, 3.8) is 0 Å². The van der Waals surface area contributed by atoms with Crippen LogP contribution in [0, 0.1) is 11.8 Å². The van der Waals surface area contributed by atoms with Crippen molar-refractivity contribution in [2.45, 2.75) is 72.3 Å². The zero-order valence-corrected chi connectivity index (χ0v) is 21.3. The highest BCUT2D eigenvalue weighted by atomic mass is 127. The van der Waals surface area contributed by atoms with E-state index in [0.29, 0.717) is 11.8 Å². The number of aliphatic hydroxyl groups is 1. The van der Waals surface area contributed by atoms with E-state index < -0.39 is 5.60 Å². The average molecular weight is 527 g/mol. The van der Waals surface area contributed by atoms with Gasteiger partial charge < -0.3 is 25.4 Å². The third kappa shape index (κ3) is 12.5. The number of hydrogen-bond acceptors (Lipinski definition) is 4.